The Labute approximate surface area is 223 Å². The molecule has 1 saturated carbocycles. The standard InChI is InChI=1S/C27H25F3N4O3S/c28-27(29,30)21-12-18(5-4-17(21)14-31)33-24(35)26(8-3-9-26)34(25(33)38)19-6-7-22-23(13-19)36-16-20(37-22)15-32-10-1-2-11-32/h4-7,12-13,20H,1-3,8-11,15-16H2. The molecule has 2 aromatic rings. The molecule has 0 N–H and O–H groups in total. The number of fused-ring (bicyclic) bond motifs is 1. The van der Waals surface area contributed by atoms with Crippen molar-refractivity contribution in [3.63, 3.8) is 0 Å². The lowest BCUT2D eigenvalue weighted by atomic mass is 9.75. The number of hydrogen-bond donors (Lipinski definition) is 0. The maximum absolute atomic E-state index is 13.7. The Balaban J connectivity index is 1.30. The Bertz CT molecular complexity index is 1350. The second-order valence-electron chi connectivity index (χ2n) is 10.2. The molecule has 0 bridgehead atoms. The zero-order valence-electron chi connectivity index (χ0n) is 20.5. The van der Waals surface area contributed by atoms with Crippen molar-refractivity contribution >= 4 is 34.6 Å². The van der Waals surface area contributed by atoms with Crippen LogP contribution < -0.4 is 19.3 Å². The molecule has 3 heterocycles. The van der Waals surface area contributed by atoms with Gasteiger partial charge in [-0.15, -0.1) is 0 Å². The molecule has 3 fully saturated rings. The Morgan fingerprint density at radius 2 is 1.79 bits per heavy atom. The lowest BCUT2D eigenvalue weighted by Crippen LogP contribution is -2.55. The van der Waals surface area contributed by atoms with Crippen LogP contribution >= 0.6 is 12.2 Å². The summed E-state index contributed by atoms with van der Waals surface area (Å²) in [6, 6.07) is 10.2. The van der Waals surface area contributed by atoms with Crippen molar-refractivity contribution in [1.82, 2.24) is 4.90 Å². The number of anilines is 2. The number of nitriles is 1. The maximum Gasteiger partial charge on any atom is 0.417 e. The van der Waals surface area contributed by atoms with E-state index in [-0.39, 0.29) is 22.8 Å². The number of carbonyl (C=O) groups excluding carboxylic acids is 1. The van der Waals surface area contributed by atoms with Gasteiger partial charge in [0.1, 0.15) is 18.2 Å². The van der Waals surface area contributed by atoms with Crippen LogP contribution in [0.15, 0.2) is 36.4 Å². The Kier molecular flexibility index (Phi) is 6.00. The maximum atomic E-state index is 13.7. The van der Waals surface area contributed by atoms with Gasteiger partial charge in [-0.25, -0.2) is 0 Å². The van der Waals surface area contributed by atoms with Gasteiger partial charge in [-0.3, -0.25) is 14.6 Å². The molecule has 1 amide bonds. The zero-order valence-corrected chi connectivity index (χ0v) is 21.3. The van der Waals surface area contributed by atoms with E-state index in [1.165, 1.54) is 18.9 Å². The van der Waals surface area contributed by atoms with E-state index in [1.54, 1.807) is 23.1 Å². The van der Waals surface area contributed by atoms with E-state index in [4.69, 9.17) is 27.0 Å². The van der Waals surface area contributed by atoms with Crippen molar-refractivity contribution in [2.24, 2.45) is 0 Å². The Hall–Kier alpha value is -3.36. The average molecular weight is 543 g/mol. The highest BCUT2D eigenvalue weighted by molar-refractivity contribution is 7.81. The van der Waals surface area contributed by atoms with Gasteiger partial charge in [0.25, 0.3) is 5.91 Å². The largest absolute Gasteiger partial charge is 0.486 e. The minimum absolute atomic E-state index is 0.0117. The number of amides is 1. The van der Waals surface area contributed by atoms with E-state index in [0.717, 1.165) is 43.1 Å². The topological polar surface area (TPSA) is 69.0 Å². The van der Waals surface area contributed by atoms with Gasteiger partial charge in [0.05, 0.1) is 22.9 Å². The van der Waals surface area contributed by atoms with Gasteiger partial charge in [-0.1, -0.05) is 0 Å². The quantitative estimate of drug-likeness (QED) is 0.511. The summed E-state index contributed by atoms with van der Waals surface area (Å²) in [6.45, 7) is 3.33. The third-order valence-electron chi connectivity index (χ3n) is 7.84. The molecule has 38 heavy (non-hydrogen) atoms. The van der Waals surface area contributed by atoms with Crippen LogP contribution in [0.3, 0.4) is 0 Å². The molecule has 6 rings (SSSR count). The lowest BCUT2D eigenvalue weighted by Gasteiger charge is -2.43. The highest BCUT2D eigenvalue weighted by Gasteiger charge is 2.59. The average Bonchev–Trinajstić information content (AvgIpc) is 3.46. The highest BCUT2D eigenvalue weighted by Crippen LogP contribution is 2.49. The highest BCUT2D eigenvalue weighted by atomic mass is 32.1. The fourth-order valence-corrected chi connectivity index (χ4v) is 6.27. The smallest absolute Gasteiger partial charge is 0.417 e. The number of ether oxygens (including phenoxy) is 2. The number of benzene rings is 2. The van der Waals surface area contributed by atoms with E-state index in [0.29, 0.717) is 36.6 Å². The number of rotatable bonds is 4. The van der Waals surface area contributed by atoms with E-state index in [2.05, 4.69) is 4.90 Å². The number of hydrogen-bond acceptors (Lipinski definition) is 6. The molecule has 1 spiro atoms. The molecule has 2 aromatic carbocycles. The molecular formula is C27H25F3N4O3S. The van der Waals surface area contributed by atoms with Gasteiger partial charge >= 0.3 is 6.18 Å². The molecular weight excluding hydrogens is 517 g/mol. The van der Waals surface area contributed by atoms with E-state index in [1.807, 2.05) is 6.07 Å². The van der Waals surface area contributed by atoms with Gasteiger partial charge in [0, 0.05) is 18.3 Å². The number of thiocarbonyl (C=S) groups is 1. The molecule has 7 nitrogen and oxygen atoms in total. The molecule has 0 radical (unpaired) electrons. The molecule has 1 aliphatic carbocycles. The normalized spacial score (nSPS) is 22.6. The number of nitrogens with zero attached hydrogens (tertiary/aromatic N) is 4. The lowest BCUT2D eigenvalue weighted by molar-refractivity contribution is -0.137. The molecule has 1 atom stereocenters. The SMILES string of the molecule is N#Cc1ccc(N2C(=O)C3(CCC3)N(c3ccc4c(c3)OCC(CN3CCCC3)O4)C2=S)cc1C(F)(F)F. The summed E-state index contributed by atoms with van der Waals surface area (Å²) < 4.78 is 53.2. The second-order valence-corrected chi connectivity index (χ2v) is 10.5. The van der Waals surface area contributed by atoms with Gasteiger partial charge in [-0.2, -0.15) is 18.4 Å². The van der Waals surface area contributed by atoms with Crippen LogP contribution in [0.5, 0.6) is 11.5 Å². The first kappa shape index (κ1) is 24.9. The van der Waals surface area contributed by atoms with Crippen LogP contribution in [-0.4, -0.2) is 53.8 Å². The molecule has 2 saturated heterocycles. The van der Waals surface area contributed by atoms with Gasteiger partial charge in [-0.05, 0) is 87.7 Å². The fourth-order valence-electron chi connectivity index (χ4n) is 5.80. The monoisotopic (exact) mass is 542 g/mol. The summed E-state index contributed by atoms with van der Waals surface area (Å²) >= 11 is 5.71. The first-order chi connectivity index (χ1) is 18.2. The minimum atomic E-state index is -4.75. The van der Waals surface area contributed by atoms with E-state index < -0.39 is 22.8 Å². The summed E-state index contributed by atoms with van der Waals surface area (Å²) in [5.74, 6) is 0.787. The Morgan fingerprint density at radius 1 is 1.05 bits per heavy atom. The minimum Gasteiger partial charge on any atom is -0.486 e. The van der Waals surface area contributed by atoms with Crippen LogP contribution in [0.1, 0.15) is 43.2 Å². The summed E-state index contributed by atoms with van der Waals surface area (Å²) in [5.41, 5.74) is -1.97. The predicted octanol–water partition coefficient (Wildman–Crippen LogP) is 4.87. The third-order valence-corrected chi connectivity index (χ3v) is 8.21. The van der Waals surface area contributed by atoms with Crippen molar-refractivity contribution in [3.8, 4) is 17.6 Å². The van der Waals surface area contributed by atoms with Crippen LogP contribution in [0.25, 0.3) is 0 Å². The third kappa shape index (κ3) is 3.98. The number of carbonyl (C=O) groups is 1. The molecule has 0 aromatic heterocycles. The molecule has 198 valence electrons. The predicted molar refractivity (Wildman–Crippen MR) is 137 cm³/mol. The van der Waals surface area contributed by atoms with Crippen LogP contribution in [0.2, 0.25) is 0 Å². The summed E-state index contributed by atoms with van der Waals surface area (Å²) in [7, 11) is 0. The van der Waals surface area contributed by atoms with Gasteiger partial charge < -0.3 is 14.4 Å². The molecule has 11 heteroatoms. The van der Waals surface area contributed by atoms with Crippen molar-refractivity contribution < 1.29 is 27.4 Å². The van der Waals surface area contributed by atoms with Crippen molar-refractivity contribution in [2.75, 3.05) is 36.0 Å². The van der Waals surface area contributed by atoms with Crippen molar-refractivity contribution in [1.29, 1.82) is 5.26 Å². The van der Waals surface area contributed by atoms with Crippen LogP contribution in [0.4, 0.5) is 24.5 Å². The van der Waals surface area contributed by atoms with Crippen LogP contribution in [0, 0.1) is 11.3 Å². The summed E-state index contributed by atoms with van der Waals surface area (Å²) in [5, 5.41) is 9.25. The summed E-state index contributed by atoms with van der Waals surface area (Å²) in [4.78, 5) is 19.0. The zero-order chi connectivity index (χ0) is 26.7. The number of likely N-dealkylation sites (tertiary alicyclic amines) is 1. The molecule has 1 unspecified atom stereocenters. The first-order valence-corrected chi connectivity index (χ1v) is 13.1. The van der Waals surface area contributed by atoms with Gasteiger partial charge in [0.2, 0.25) is 0 Å². The first-order valence-electron chi connectivity index (χ1n) is 12.7. The summed E-state index contributed by atoms with van der Waals surface area (Å²) in [6.07, 6.45) is -0.589. The van der Waals surface area contributed by atoms with E-state index in [9.17, 15) is 18.0 Å². The number of halogens is 3. The van der Waals surface area contributed by atoms with E-state index >= 15 is 0 Å². The van der Waals surface area contributed by atoms with Gasteiger partial charge in [0.15, 0.2) is 16.6 Å². The molecule has 3 aliphatic heterocycles. The Morgan fingerprint density at radius 3 is 2.45 bits per heavy atom. The van der Waals surface area contributed by atoms with Crippen molar-refractivity contribution in [2.45, 2.75) is 49.9 Å². The van der Waals surface area contributed by atoms with Crippen molar-refractivity contribution in [3.05, 3.63) is 47.5 Å². The van der Waals surface area contributed by atoms with Crippen LogP contribution in [-0.2, 0) is 11.0 Å². The number of alkyl halides is 3. The second kappa shape index (κ2) is 9.13. The molecule has 4 aliphatic rings. The fraction of sp³-hybridized carbons (Fsp3) is 0.444.